The second-order valence-corrected chi connectivity index (χ2v) is 5.06. The van der Waals surface area contributed by atoms with Crippen LogP contribution in [0.25, 0.3) is 0 Å². The summed E-state index contributed by atoms with van der Waals surface area (Å²) >= 11 is 0. The van der Waals surface area contributed by atoms with E-state index >= 15 is 0 Å². The SMILES string of the molecule is Cc1ccc(CC2COc3ccccc3C2=O)cc1. The number of aryl methyl sites for hydroxylation is 1. The quantitative estimate of drug-likeness (QED) is 0.818. The number of hydrogen-bond acceptors (Lipinski definition) is 2. The lowest BCUT2D eigenvalue weighted by molar-refractivity contribution is 0.0830. The van der Waals surface area contributed by atoms with Gasteiger partial charge in [0.05, 0.1) is 18.1 Å². The molecule has 0 saturated carbocycles. The predicted octanol–water partition coefficient (Wildman–Crippen LogP) is 3.43. The lowest BCUT2D eigenvalue weighted by atomic mass is 9.89. The van der Waals surface area contributed by atoms with E-state index in [1.807, 2.05) is 24.3 Å². The molecule has 2 nitrogen and oxygen atoms in total. The third kappa shape index (κ3) is 2.39. The molecule has 1 aliphatic heterocycles. The standard InChI is InChI=1S/C17H16O2/c1-12-6-8-13(9-7-12)10-14-11-19-16-5-3-2-4-15(16)17(14)18/h2-9,14H,10-11H2,1H3. The van der Waals surface area contributed by atoms with Crippen molar-refractivity contribution in [3.63, 3.8) is 0 Å². The molecular formula is C17H16O2. The number of para-hydroxylation sites is 1. The van der Waals surface area contributed by atoms with Crippen molar-refractivity contribution in [2.45, 2.75) is 13.3 Å². The van der Waals surface area contributed by atoms with E-state index in [4.69, 9.17) is 4.74 Å². The molecule has 0 spiro atoms. The van der Waals surface area contributed by atoms with E-state index in [0.717, 1.165) is 6.42 Å². The second kappa shape index (κ2) is 4.88. The van der Waals surface area contributed by atoms with Gasteiger partial charge in [-0.1, -0.05) is 42.0 Å². The molecule has 2 aromatic carbocycles. The maximum absolute atomic E-state index is 12.4. The lowest BCUT2D eigenvalue weighted by Crippen LogP contribution is -2.29. The summed E-state index contributed by atoms with van der Waals surface area (Å²) in [5.41, 5.74) is 3.14. The lowest BCUT2D eigenvalue weighted by Gasteiger charge is -2.24. The van der Waals surface area contributed by atoms with Crippen LogP contribution in [0.5, 0.6) is 5.75 Å². The molecule has 0 bridgehead atoms. The number of fused-ring (bicyclic) bond motifs is 1. The first-order valence-corrected chi connectivity index (χ1v) is 6.55. The van der Waals surface area contributed by atoms with Crippen molar-refractivity contribution in [3.05, 3.63) is 65.2 Å². The Kier molecular flexibility index (Phi) is 3.08. The van der Waals surface area contributed by atoms with Crippen molar-refractivity contribution in [2.24, 2.45) is 5.92 Å². The third-order valence-electron chi connectivity index (χ3n) is 3.57. The summed E-state index contributed by atoms with van der Waals surface area (Å²) in [5.74, 6) is 0.840. The molecule has 0 aromatic heterocycles. The van der Waals surface area contributed by atoms with E-state index in [-0.39, 0.29) is 11.7 Å². The van der Waals surface area contributed by atoms with E-state index in [1.165, 1.54) is 11.1 Å². The normalized spacial score (nSPS) is 17.7. The van der Waals surface area contributed by atoms with Gasteiger partial charge >= 0.3 is 0 Å². The van der Waals surface area contributed by atoms with Crippen LogP contribution in [-0.2, 0) is 6.42 Å². The molecule has 1 heterocycles. The van der Waals surface area contributed by atoms with E-state index in [1.54, 1.807) is 0 Å². The van der Waals surface area contributed by atoms with Crippen LogP contribution in [0.2, 0.25) is 0 Å². The van der Waals surface area contributed by atoms with Crippen LogP contribution in [0.4, 0.5) is 0 Å². The first-order chi connectivity index (χ1) is 9.24. The molecule has 1 atom stereocenters. The van der Waals surface area contributed by atoms with Gasteiger partial charge in [0.1, 0.15) is 5.75 Å². The minimum atomic E-state index is -0.0717. The van der Waals surface area contributed by atoms with Crippen molar-refractivity contribution >= 4 is 5.78 Å². The fraction of sp³-hybridized carbons (Fsp3) is 0.235. The zero-order valence-electron chi connectivity index (χ0n) is 10.9. The molecule has 0 fully saturated rings. The Labute approximate surface area is 113 Å². The summed E-state index contributed by atoms with van der Waals surface area (Å²) < 4.78 is 5.68. The fourth-order valence-electron chi connectivity index (χ4n) is 2.44. The van der Waals surface area contributed by atoms with Crippen LogP contribution < -0.4 is 4.74 Å². The fourth-order valence-corrected chi connectivity index (χ4v) is 2.44. The summed E-state index contributed by atoms with van der Waals surface area (Å²) in [6, 6.07) is 15.8. The van der Waals surface area contributed by atoms with E-state index in [0.29, 0.717) is 17.9 Å². The number of benzene rings is 2. The van der Waals surface area contributed by atoms with Crippen molar-refractivity contribution in [1.82, 2.24) is 0 Å². The highest BCUT2D eigenvalue weighted by Gasteiger charge is 2.28. The van der Waals surface area contributed by atoms with Gasteiger partial charge in [0.2, 0.25) is 0 Å². The Morgan fingerprint density at radius 3 is 2.63 bits per heavy atom. The van der Waals surface area contributed by atoms with Crippen LogP contribution in [-0.4, -0.2) is 12.4 Å². The number of hydrogen-bond donors (Lipinski definition) is 0. The van der Waals surface area contributed by atoms with Crippen LogP contribution in [0, 0.1) is 12.8 Å². The number of carbonyl (C=O) groups excluding carboxylic acids is 1. The minimum absolute atomic E-state index is 0.0717. The first kappa shape index (κ1) is 12.0. The zero-order valence-corrected chi connectivity index (χ0v) is 10.9. The molecular weight excluding hydrogens is 236 g/mol. The number of rotatable bonds is 2. The van der Waals surface area contributed by atoms with Crippen molar-refractivity contribution < 1.29 is 9.53 Å². The van der Waals surface area contributed by atoms with E-state index < -0.39 is 0 Å². The van der Waals surface area contributed by atoms with Crippen LogP contribution >= 0.6 is 0 Å². The molecule has 3 rings (SSSR count). The Hall–Kier alpha value is -2.09. The summed E-state index contributed by atoms with van der Waals surface area (Å²) in [6.45, 7) is 2.54. The third-order valence-corrected chi connectivity index (χ3v) is 3.57. The Bertz CT molecular complexity index is 599. The molecule has 2 heteroatoms. The van der Waals surface area contributed by atoms with Crippen LogP contribution in [0.1, 0.15) is 21.5 Å². The predicted molar refractivity (Wildman–Crippen MR) is 74.6 cm³/mol. The van der Waals surface area contributed by atoms with Gasteiger partial charge in [0.25, 0.3) is 0 Å². The highest BCUT2D eigenvalue weighted by molar-refractivity contribution is 6.01. The molecule has 0 amide bonds. The van der Waals surface area contributed by atoms with Gasteiger partial charge in [0.15, 0.2) is 5.78 Å². The van der Waals surface area contributed by atoms with Crippen molar-refractivity contribution in [1.29, 1.82) is 0 Å². The molecule has 1 aliphatic rings. The van der Waals surface area contributed by atoms with E-state index in [9.17, 15) is 4.79 Å². The molecule has 0 N–H and O–H groups in total. The van der Waals surface area contributed by atoms with E-state index in [2.05, 4.69) is 31.2 Å². The van der Waals surface area contributed by atoms with Gasteiger partial charge in [0, 0.05) is 0 Å². The summed E-state index contributed by atoms with van der Waals surface area (Å²) in [7, 11) is 0. The smallest absolute Gasteiger partial charge is 0.173 e. The van der Waals surface area contributed by atoms with Gasteiger partial charge in [-0.3, -0.25) is 4.79 Å². The van der Waals surface area contributed by atoms with Crippen LogP contribution in [0.15, 0.2) is 48.5 Å². The highest BCUT2D eigenvalue weighted by Crippen LogP contribution is 2.28. The molecule has 2 aromatic rings. The second-order valence-electron chi connectivity index (χ2n) is 5.06. The minimum Gasteiger partial charge on any atom is -0.492 e. The van der Waals surface area contributed by atoms with Crippen molar-refractivity contribution in [2.75, 3.05) is 6.61 Å². The monoisotopic (exact) mass is 252 g/mol. The molecule has 1 unspecified atom stereocenters. The molecule has 0 aliphatic carbocycles. The molecule has 96 valence electrons. The average molecular weight is 252 g/mol. The van der Waals surface area contributed by atoms with Gasteiger partial charge in [-0.15, -0.1) is 0 Å². The summed E-state index contributed by atoms with van der Waals surface area (Å²) in [4.78, 5) is 12.4. The first-order valence-electron chi connectivity index (χ1n) is 6.55. The zero-order chi connectivity index (χ0) is 13.2. The Morgan fingerprint density at radius 1 is 1.11 bits per heavy atom. The van der Waals surface area contributed by atoms with Gasteiger partial charge < -0.3 is 4.74 Å². The average Bonchev–Trinajstić information content (AvgIpc) is 2.45. The topological polar surface area (TPSA) is 26.3 Å². The largest absolute Gasteiger partial charge is 0.492 e. The van der Waals surface area contributed by atoms with Gasteiger partial charge in [-0.2, -0.15) is 0 Å². The summed E-state index contributed by atoms with van der Waals surface area (Å²) in [6.07, 6.45) is 0.743. The van der Waals surface area contributed by atoms with Crippen molar-refractivity contribution in [3.8, 4) is 5.75 Å². The number of ketones is 1. The maximum atomic E-state index is 12.4. The van der Waals surface area contributed by atoms with Gasteiger partial charge in [-0.05, 0) is 31.0 Å². The number of ether oxygens (including phenoxy) is 1. The molecule has 19 heavy (non-hydrogen) atoms. The number of Topliss-reactive ketones (excluding diaryl/α,β-unsaturated/α-hetero) is 1. The Balaban J connectivity index is 1.81. The Morgan fingerprint density at radius 2 is 1.84 bits per heavy atom. The maximum Gasteiger partial charge on any atom is 0.173 e. The molecule has 0 radical (unpaired) electrons. The summed E-state index contributed by atoms with van der Waals surface area (Å²) in [5, 5.41) is 0. The van der Waals surface area contributed by atoms with Crippen LogP contribution in [0.3, 0.4) is 0 Å². The highest BCUT2D eigenvalue weighted by atomic mass is 16.5. The molecule has 0 saturated heterocycles. The van der Waals surface area contributed by atoms with Gasteiger partial charge in [-0.25, -0.2) is 0 Å². The number of carbonyl (C=O) groups is 1.